The highest BCUT2D eigenvalue weighted by molar-refractivity contribution is 5.82. The lowest BCUT2D eigenvalue weighted by atomic mass is 9.72. The SMILES string of the molecule is NC1(c2ccc(-c3nc4c(cc3-c3ccccc3)C(O)NC=C4)cc2)CCC1. The van der Waals surface area contributed by atoms with E-state index in [1.807, 2.05) is 30.3 Å². The van der Waals surface area contributed by atoms with Gasteiger partial charge in [0, 0.05) is 28.4 Å². The van der Waals surface area contributed by atoms with Crippen molar-refractivity contribution in [3.63, 3.8) is 0 Å². The molecule has 1 saturated carbocycles. The molecule has 5 rings (SSSR count). The third-order valence-corrected chi connectivity index (χ3v) is 5.94. The van der Waals surface area contributed by atoms with E-state index in [1.165, 1.54) is 12.0 Å². The van der Waals surface area contributed by atoms with E-state index in [0.29, 0.717) is 0 Å². The zero-order valence-electron chi connectivity index (χ0n) is 15.6. The number of rotatable bonds is 3. The number of hydrogen-bond donors (Lipinski definition) is 3. The van der Waals surface area contributed by atoms with Crippen molar-refractivity contribution in [2.45, 2.75) is 31.0 Å². The smallest absolute Gasteiger partial charge is 0.152 e. The first-order valence-corrected chi connectivity index (χ1v) is 9.75. The number of aliphatic hydroxyl groups is 1. The van der Waals surface area contributed by atoms with Gasteiger partial charge in [0.2, 0.25) is 0 Å². The summed E-state index contributed by atoms with van der Waals surface area (Å²) in [6.45, 7) is 0. The lowest BCUT2D eigenvalue weighted by Crippen LogP contribution is -2.43. The number of nitrogens with zero attached hydrogens (tertiary/aromatic N) is 1. The Labute approximate surface area is 164 Å². The van der Waals surface area contributed by atoms with Crippen molar-refractivity contribution in [3.8, 4) is 22.4 Å². The first-order valence-electron chi connectivity index (χ1n) is 9.75. The van der Waals surface area contributed by atoms with E-state index >= 15 is 0 Å². The molecule has 28 heavy (non-hydrogen) atoms. The van der Waals surface area contributed by atoms with Crippen LogP contribution in [0, 0.1) is 0 Å². The summed E-state index contributed by atoms with van der Waals surface area (Å²) in [7, 11) is 0. The normalized spacial score (nSPS) is 19.4. The Morgan fingerprint density at radius 3 is 2.43 bits per heavy atom. The molecule has 4 heteroatoms. The van der Waals surface area contributed by atoms with Gasteiger partial charge < -0.3 is 16.2 Å². The quantitative estimate of drug-likeness (QED) is 0.643. The van der Waals surface area contributed by atoms with E-state index < -0.39 is 6.23 Å². The van der Waals surface area contributed by atoms with Crippen LogP contribution in [0.4, 0.5) is 0 Å². The minimum atomic E-state index is -0.748. The summed E-state index contributed by atoms with van der Waals surface area (Å²) in [5.41, 5.74) is 13.1. The summed E-state index contributed by atoms with van der Waals surface area (Å²) in [6.07, 6.45) is 6.19. The predicted octanol–water partition coefficient (Wildman–Crippen LogP) is 4.32. The van der Waals surface area contributed by atoms with Crippen molar-refractivity contribution in [2.75, 3.05) is 0 Å². The summed E-state index contributed by atoms with van der Waals surface area (Å²) >= 11 is 0. The van der Waals surface area contributed by atoms with Crippen molar-refractivity contribution < 1.29 is 5.11 Å². The molecular weight excluding hydrogens is 346 g/mol. The number of nitrogens with two attached hydrogens (primary N) is 1. The molecule has 1 aromatic heterocycles. The standard InChI is InChI=1S/C24H23N3O/c25-24(12-4-13-24)18-9-7-17(8-10-18)22-19(16-5-2-1-3-6-16)15-20-21(27-22)11-14-26-23(20)28/h1-3,5-11,14-15,23,26,28H,4,12-13,25H2. The minimum Gasteiger partial charge on any atom is -0.369 e. The third-order valence-electron chi connectivity index (χ3n) is 5.94. The van der Waals surface area contributed by atoms with Gasteiger partial charge in [-0.15, -0.1) is 0 Å². The molecule has 0 bridgehead atoms. The van der Waals surface area contributed by atoms with Gasteiger partial charge >= 0.3 is 0 Å². The Bertz CT molecular complexity index is 1040. The summed E-state index contributed by atoms with van der Waals surface area (Å²) in [6, 6.07) is 20.7. The second kappa shape index (κ2) is 6.59. The molecule has 1 fully saturated rings. The number of fused-ring (bicyclic) bond motifs is 1. The van der Waals surface area contributed by atoms with Gasteiger partial charge in [-0.05, 0) is 42.5 Å². The molecule has 0 amide bonds. The van der Waals surface area contributed by atoms with E-state index in [9.17, 15) is 5.11 Å². The first kappa shape index (κ1) is 17.2. The maximum atomic E-state index is 10.3. The van der Waals surface area contributed by atoms with Crippen LogP contribution in [0.2, 0.25) is 0 Å². The number of pyridine rings is 1. The van der Waals surface area contributed by atoms with Crippen LogP contribution in [0.15, 0.2) is 66.9 Å². The zero-order chi connectivity index (χ0) is 19.1. The van der Waals surface area contributed by atoms with Crippen LogP contribution in [0.1, 0.15) is 42.3 Å². The molecular formula is C24H23N3O. The van der Waals surface area contributed by atoms with E-state index in [4.69, 9.17) is 10.7 Å². The lowest BCUT2D eigenvalue weighted by Gasteiger charge is -2.38. The maximum Gasteiger partial charge on any atom is 0.152 e. The van der Waals surface area contributed by atoms with Gasteiger partial charge in [0.25, 0.3) is 0 Å². The molecule has 3 aromatic rings. The number of benzene rings is 2. The van der Waals surface area contributed by atoms with Crippen LogP contribution in [0.5, 0.6) is 0 Å². The number of aliphatic hydroxyl groups excluding tert-OH is 1. The monoisotopic (exact) mass is 369 g/mol. The van der Waals surface area contributed by atoms with Gasteiger partial charge in [0.15, 0.2) is 6.23 Å². The molecule has 1 atom stereocenters. The molecule has 2 heterocycles. The van der Waals surface area contributed by atoms with Crippen LogP contribution in [-0.2, 0) is 5.54 Å². The summed E-state index contributed by atoms with van der Waals surface area (Å²) in [4.78, 5) is 4.92. The van der Waals surface area contributed by atoms with E-state index in [0.717, 1.165) is 46.5 Å². The van der Waals surface area contributed by atoms with Crippen LogP contribution in [0.3, 0.4) is 0 Å². The Kier molecular flexibility index (Phi) is 4.04. The van der Waals surface area contributed by atoms with Crippen molar-refractivity contribution in [1.82, 2.24) is 10.3 Å². The molecule has 0 spiro atoms. The van der Waals surface area contributed by atoms with Crippen molar-refractivity contribution in [2.24, 2.45) is 5.73 Å². The maximum absolute atomic E-state index is 10.3. The Morgan fingerprint density at radius 2 is 1.75 bits per heavy atom. The highest BCUT2D eigenvalue weighted by Crippen LogP contribution is 2.40. The molecule has 0 saturated heterocycles. The fourth-order valence-electron chi connectivity index (χ4n) is 4.07. The minimum absolute atomic E-state index is 0.164. The largest absolute Gasteiger partial charge is 0.369 e. The molecule has 4 N–H and O–H groups in total. The van der Waals surface area contributed by atoms with Gasteiger partial charge in [-0.25, -0.2) is 4.98 Å². The van der Waals surface area contributed by atoms with E-state index in [1.54, 1.807) is 6.20 Å². The van der Waals surface area contributed by atoms with Crippen LogP contribution < -0.4 is 11.1 Å². The van der Waals surface area contributed by atoms with Gasteiger partial charge in [-0.2, -0.15) is 0 Å². The molecule has 1 aliphatic heterocycles. The van der Waals surface area contributed by atoms with Gasteiger partial charge in [0.05, 0.1) is 11.4 Å². The Hall–Kier alpha value is -2.95. The van der Waals surface area contributed by atoms with Crippen LogP contribution >= 0.6 is 0 Å². The fourth-order valence-corrected chi connectivity index (χ4v) is 4.07. The second-order valence-electron chi connectivity index (χ2n) is 7.71. The van der Waals surface area contributed by atoms with E-state index in [2.05, 4.69) is 41.7 Å². The molecule has 4 nitrogen and oxygen atoms in total. The average molecular weight is 369 g/mol. The van der Waals surface area contributed by atoms with Gasteiger partial charge in [-0.3, -0.25) is 0 Å². The second-order valence-corrected chi connectivity index (χ2v) is 7.71. The van der Waals surface area contributed by atoms with Crippen molar-refractivity contribution in [1.29, 1.82) is 0 Å². The predicted molar refractivity (Wildman–Crippen MR) is 112 cm³/mol. The van der Waals surface area contributed by atoms with Crippen molar-refractivity contribution in [3.05, 3.63) is 83.7 Å². The number of nitrogens with one attached hydrogen (secondary N) is 1. The number of hydrogen-bond acceptors (Lipinski definition) is 4. The summed E-state index contributed by atoms with van der Waals surface area (Å²) in [5, 5.41) is 13.3. The van der Waals surface area contributed by atoms with Gasteiger partial charge in [-0.1, -0.05) is 54.6 Å². The lowest BCUT2D eigenvalue weighted by molar-refractivity contribution is 0.154. The molecule has 1 unspecified atom stereocenters. The number of aromatic nitrogens is 1. The Balaban J connectivity index is 1.65. The molecule has 140 valence electrons. The fraction of sp³-hybridized carbons (Fsp3) is 0.208. The molecule has 2 aliphatic rings. The van der Waals surface area contributed by atoms with Gasteiger partial charge in [0.1, 0.15) is 0 Å². The molecule has 1 aliphatic carbocycles. The highest BCUT2D eigenvalue weighted by atomic mass is 16.3. The Morgan fingerprint density at radius 1 is 1.00 bits per heavy atom. The van der Waals surface area contributed by atoms with Crippen LogP contribution in [-0.4, -0.2) is 10.1 Å². The summed E-state index contributed by atoms with van der Waals surface area (Å²) in [5.74, 6) is 0. The molecule has 0 radical (unpaired) electrons. The molecule has 2 aromatic carbocycles. The first-order chi connectivity index (χ1) is 13.6. The van der Waals surface area contributed by atoms with E-state index in [-0.39, 0.29) is 5.54 Å². The topological polar surface area (TPSA) is 71.2 Å². The van der Waals surface area contributed by atoms with Crippen molar-refractivity contribution >= 4 is 6.08 Å². The zero-order valence-corrected chi connectivity index (χ0v) is 15.6. The van der Waals surface area contributed by atoms with Crippen LogP contribution in [0.25, 0.3) is 28.5 Å². The summed E-state index contributed by atoms with van der Waals surface area (Å²) < 4.78 is 0. The highest BCUT2D eigenvalue weighted by Gasteiger charge is 2.34. The average Bonchev–Trinajstić information content (AvgIpc) is 2.72. The third kappa shape index (κ3) is 2.82.